The van der Waals surface area contributed by atoms with Crippen molar-refractivity contribution in [2.24, 2.45) is 0 Å². The van der Waals surface area contributed by atoms with Crippen LogP contribution in [0.4, 0.5) is 4.39 Å². The molecule has 5 heteroatoms. The van der Waals surface area contributed by atoms with Gasteiger partial charge < -0.3 is 14.8 Å². The van der Waals surface area contributed by atoms with Crippen LogP contribution in [0.25, 0.3) is 0 Å². The second-order valence-corrected chi connectivity index (χ2v) is 6.79. The van der Waals surface area contributed by atoms with Gasteiger partial charge in [-0.05, 0) is 44.0 Å². The number of carbonyl (C=O) groups excluding carboxylic acids is 1. The van der Waals surface area contributed by atoms with E-state index in [9.17, 15) is 9.18 Å². The van der Waals surface area contributed by atoms with Crippen LogP contribution in [0.2, 0.25) is 0 Å². The minimum Gasteiger partial charge on any atom is -0.496 e. The summed E-state index contributed by atoms with van der Waals surface area (Å²) in [5.74, 6) is 0.123. The number of ether oxygens (including phenoxy) is 2. The van der Waals surface area contributed by atoms with E-state index in [1.807, 2.05) is 19.1 Å². The highest BCUT2D eigenvalue weighted by Gasteiger charge is 2.37. The standard InChI is InChI=1S/C21H24FNO3/c1-15-6-7-19(25-2)18(12-15)21(8-10-26-11-9-21)14-23-20(24)16-4-3-5-17(22)13-16/h3-7,12-13H,8-11,14H2,1-2H3,(H,23,24). The van der Waals surface area contributed by atoms with Gasteiger partial charge in [0.15, 0.2) is 0 Å². The van der Waals surface area contributed by atoms with Crippen LogP contribution in [-0.4, -0.2) is 32.8 Å². The molecule has 1 amide bonds. The van der Waals surface area contributed by atoms with E-state index in [0.717, 1.165) is 29.7 Å². The Labute approximate surface area is 153 Å². The molecule has 0 radical (unpaired) electrons. The van der Waals surface area contributed by atoms with Gasteiger partial charge in [-0.3, -0.25) is 4.79 Å². The third-order valence-electron chi connectivity index (χ3n) is 5.05. The summed E-state index contributed by atoms with van der Waals surface area (Å²) < 4.78 is 24.5. The van der Waals surface area contributed by atoms with Crippen LogP contribution in [0.3, 0.4) is 0 Å². The van der Waals surface area contributed by atoms with Gasteiger partial charge in [0.1, 0.15) is 11.6 Å². The van der Waals surface area contributed by atoms with Gasteiger partial charge in [0.05, 0.1) is 7.11 Å². The number of hydrogen-bond donors (Lipinski definition) is 1. The Hall–Kier alpha value is -2.40. The summed E-state index contributed by atoms with van der Waals surface area (Å²) in [6.45, 7) is 3.76. The number of methoxy groups -OCH3 is 1. The molecule has 0 unspecified atom stereocenters. The van der Waals surface area contributed by atoms with Crippen molar-refractivity contribution in [1.82, 2.24) is 5.32 Å². The Kier molecular flexibility index (Phi) is 5.57. The molecule has 0 bridgehead atoms. The van der Waals surface area contributed by atoms with Crippen LogP contribution in [0, 0.1) is 12.7 Å². The summed E-state index contributed by atoms with van der Waals surface area (Å²) in [7, 11) is 1.66. The first-order valence-electron chi connectivity index (χ1n) is 8.81. The van der Waals surface area contributed by atoms with Gasteiger partial charge >= 0.3 is 0 Å². The van der Waals surface area contributed by atoms with Crippen LogP contribution < -0.4 is 10.1 Å². The predicted molar refractivity (Wildman–Crippen MR) is 98.2 cm³/mol. The highest BCUT2D eigenvalue weighted by Crippen LogP contribution is 2.40. The monoisotopic (exact) mass is 357 g/mol. The number of carbonyl (C=O) groups is 1. The largest absolute Gasteiger partial charge is 0.496 e. The first-order valence-corrected chi connectivity index (χ1v) is 8.81. The van der Waals surface area contributed by atoms with Crippen LogP contribution in [0.1, 0.15) is 34.3 Å². The van der Waals surface area contributed by atoms with Crippen molar-refractivity contribution in [3.63, 3.8) is 0 Å². The molecule has 1 saturated heterocycles. The smallest absolute Gasteiger partial charge is 0.251 e. The minimum atomic E-state index is -0.418. The lowest BCUT2D eigenvalue weighted by Gasteiger charge is -2.38. The van der Waals surface area contributed by atoms with E-state index in [4.69, 9.17) is 9.47 Å². The molecule has 2 aromatic carbocycles. The molecule has 0 aromatic heterocycles. The maximum Gasteiger partial charge on any atom is 0.251 e. The first-order chi connectivity index (χ1) is 12.5. The van der Waals surface area contributed by atoms with Gasteiger partial charge in [-0.2, -0.15) is 0 Å². The molecule has 0 spiro atoms. The molecule has 1 fully saturated rings. The van der Waals surface area contributed by atoms with E-state index in [2.05, 4.69) is 11.4 Å². The molecule has 1 N–H and O–H groups in total. The summed E-state index contributed by atoms with van der Waals surface area (Å²) in [6, 6.07) is 11.8. The van der Waals surface area contributed by atoms with Gasteiger partial charge in [0.2, 0.25) is 0 Å². The van der Waals surface area contributed by atoms with Gasteiger partial charge in [-0.1, -0.05) is 23.8 Å². The molecular weight excluding hydrogens is 333 g/mol. The van der Waals surface area contributed by atoms with E-state index < -0.39 is 5.82 Å². The molecule has 26 heavy (non-hydrogen) atoms. The zero-order valence-corrected chi connectivity index (χ0v) is 15.2. The van der Waals surface area contributed by atoms with E-state index in [1.54, 1.807) is 13.2 Å². The van der Waals surface area contributed by atoms with Crippen molar-refractivity contribution >= 4 is 5.91 Å². The third kappa shape index (κ3) is 3.88. The Bertz CT molecular complexity index is 785. The fraction of sp³-hybridized carbons (Fsp3) is 0.381. The molecule has 4 nitrogen and oxygen atoms in total. The SMILES string of the molecule is COc1ccc(C)cc1C1(CNC(=O)c2cccc(F)c2)CCOCC1. The lowest BCUT2D eigenvalue weighted by molar-refractivity contribution is 0.0479. The number of aryl methyl sites for hydroxylation is 1. The molecule has 1 heterocycles. The fourth-order valence-electron chi connectivity index (χ4n) is 3.52. The van der Waals surface area contributed by atoms with Gasteiger partial charge in [-0.15, -0.1) is 0 Å². The van der Waals surface area contributed by atoms with Crippen LogP contribution in [-0.2, 0) is 10.2 Å². The summed E-state index contributed by atoms with van der Waals surface area (Å²) in [4.78, 5) is 12.5. The number of halogens is 1. The Morgan fingerprint density at radius 1 is 1.23 bits per heavy atom. The van der Waals surface area contributed by atoms with Crippen molar-refractivity contribution in [3.8, 4) is 5.75 Å². The Morgan fingerprint density at radius 2 is 2.00 bits per heavy atom. The molecule has 1 aliphatic rings. The molecule has 2 aromatic rings. The van der Waals surface area contributed by atoms with E-state index >= 15 is 0 Å². The molecule has 0 saturated carbocycles. The molecule has 1 aliphatic heterocycles. The molecule has 0 aliphatic carbocycles. The number of amides is 1. The van der Waals surface area contributed by atoms with Crippen molar-refractivity contribution in [3.05, 3.63) is 65.0 Å². The third-order valence-corrected chi connectivity index (χ3v) is 5.05. The van der Waals surface area contributed by atoms with Crippen molar-refractivity contribution in [2.45, 2.75) is 25.2 Å². The molecule has 138 valence electrons. The quantitative estimate of drug-likeness (QED) is 0.889. The normalized spacial score (nSPS) is 16.1. The van der Waals surface area contributed by atoms with Crippen LogP contribution in [0.15, 0.2) is 42.5 Å². The Balaban J connectivity index is 1.87. The lowest BCUT2D eigenvalue weighted by Crippen LogP contribution is -2.44. The lowest BCUT2D eigenvalue weighted by atomic mass is 9.73. The minimum absolute atomic E-state index is 0.265. The Morgan fingerprint density at radius 3 is 2.69 bits per heavy atom. The number of benzene rings is 2. The second kappa shape index (κ2) is 7.87. The highest BCUT2D eigenvalue weighted by molar-refractivity contribution is 5.94. The van der Waals surface area contributed by atoms with E-state index in [1.165, 1.54) is 18.2 Å². The summed E-state index contributed by atoms with van der Waals surface area (Å²) in [5.41, 5.74) is 2.29. The van der Waals surface area contributed by atoms with Crippen LogP contribution >= 0.6 is 0 Å². The van der Waals surface area contributed by atoms with Crippen molar-refractivity contribution in [1.29, 1.82) is 0 Å². The highest BCUT2D eigenvalue weighted by atomic mass is 19.1. The van der Waals surface area contributed by atoms with Crippen molar-refractivity contribution in [2.75, 3.05) is 26.9 Å². The molecule has 3 rings (SSSR count). The number of rotatable bonds is 5. The summed E-state index contributed by atoms with van der Waals surface area (Å²) >= 11 is 0. The predicted octanol–water partition coefficient (Wildman–Crippen LogP) is 3.62. The zero-order chi connectivity index (χ0) is 18.6. The maximum absolute atomic E-state index is 13.4. The average molecular weight is 357 g/mol. The number of hydrogen-bond acceptors (Lipinski definition) is 3. The van der Waals surface area contributed by atoms with Gasteiger partial charge in [0.25, 0.3) is 5.91 Å². The van der Waals surface area contributed by atoms with Crippen molar-refractivity contribution < 1.29 is 18.7 Å². The van der Waals surface area contributed by atoms with Crippen LogP contribution in [0.5, 0.6) is 5.75 Å². The van der Waals surface area contributed by atoms with E-state index in [-0.39, 0.29) is 11.3 Å². The second-order valence-electron chi connectivity index (χ2n) is 6.79. The topological polar surface area (TPSA) is 47.6 Å². The zero-order valence-electron chi connectivity index (χ0n) is 15.2. The fourth-order valence-corrected chi connectivity index (χ4v) is 3.52. The van der Waals surface area contributed by atoms with E-state index in [0.29, 0.717) is 25.3 Å². The number of nitrogens with one attached hydrogen (secondary N) is 1. The average Bonchev–Trinajstić information content (AvgIpc) is 2.67. The maximum atomic E-state index is 13.4. The molecule has 0 atom stereocenters. The van der Waals surface area contributed by atoms with Gasteiger partial charge in [-0.25, -0.2) is 4.39 Å². The van der Waals surface area contributed by atoms with Gasteiger partial charge in [0, 0.05) is 36.3 Å². The summed E-state index contributed by atoms with van der Waals surface area (Å²) in [6.07, 6.45) is 1.58. The molecular formula is C21H24FNO3. The first kappa shape index (κ1) is 18.4. The summed E-state index contributed by atoms with van der Waals surface area (Å²) in [5, 5.41) is 2.99.